The van der Waals surface area contributed by atoms with Crippen LogP contribution in [-0.2, 0) is 14.3 Å². The van der Waals surface area contributed by atoms with Crippen molar-refractivity contribution < 1.29 is 19.1 Å². The quantitative estimate of drug-likeness (QED) is 0.586. The lowest BCUT2D eigenvalue weighted by atomic mass is 9.75. The first-order valence-corrected chi connectivity index (χ1v) is 9.73. The molecule has 6 heteroatoms. The van der Waals surface area contributed by atoms with Crippen molar-refractivity contribution in [1.29, 1.82) is 0 Å². The molecule has 0 radical (unpaired) electrons. The molecule has 1 aliphatic carbocycles. The highest BCUT2D eigenvalue weighted by molar-refractivity contribution is 6.13. The van der Waals surface area contributed by atoms with Gasteiger partial charge in [0.25, 0.3) is 5.91 Å². The summed E-state index contributed by atoms with van der Waals surface area (Å²) in [5.41, 5.74) is 0.646. The van der Waals surface area contributed by atoms with Gasteiger partial charge in [-0.15, -0.1) is 0 Å². The zero-order chi connectivity index (χ0) is 19.6. The number of urea groups is 1. The Balaban J connectivity index is 1.63. The van der Waals surface area contributed by atoms with Crippen molar-refractivity contribution in [2.45, 2.75) is 46.1 Å². The Kier molecular flexibility index (Phi) is 5.82. The lowest BCUT2D eigenvalue weighted by Gasteiger charge is -2.36. The predicted molar refractivity (Wildman–Crippen MR) is 102 cm³/mol. The Bertz CT molecular complexity index is 703. The summed E-state index contributed by atoms with van der Waals surface area (Å²) < 4.78 is 5.73. The molecule has 0 N–H and O–H groups in total. The maximum Gasteiger partial charge on any atom is 0.332 e. The molecule has 0 aromatic heterocycles. The third kappa shape index (κ3) is 4.31. The molecule has 1 aromatic carbocycles. The number of para-hydroxylation sites is 1. The number of hydrogen-bond donors (Lipinski definition) is 0. The summed E-state index contributed by atoms with van der Waals surface area (Å²) in [6.45, 7) is 6.09. The minimum Gasteiger partial charge on any atom is -0.461 e. The Hall–Kier alpha value is -2.37. The molecule has 6 nitrogen and oxygen atoms in total. The van der Waals surface area contributed by atoms with E-state index in [4.69, 9.17) is 4.74 Å². The normalized spacial score (nSPS) is 26.0. The molecule has 3 atom stereocenters. The van der Waals surface area contributed by atoms with Crippen LogP contribution in [0, 0.1) is 17.8 Å². The number of rotatable bonds is 5. The van der Waals surface area contributed by atoms with Gasteiger partial charge in [-0.05, 0) is 42.7 Å². The highest BCUT2D eigenvalue weighted by Gasteiger charge is 2.39. The van der Waals surface area contributed by atoms with E-state index in [0.29, 0.717) is 23.4 Å². The number of nitrogens with zero attached hydrogens (tertiary/aromatic N) is 2. The van der Waals surface area contributed by atoms with Crippen LogP contribution in [0.1, 0.15) is 40.0 Å². The molecule has 3 amide bonds. The number of carbonyl (C=O) groups excluding carboxylic acids is 3. The van der Waals surface area contributed by atoms with Crippen LogP contribution in [0.2, 0.25) is 0 Å². The van der Waals surface area contributed by atoms with Crippen molar-refractivity contribution in [2.24, 2.45) is 17.8 Å². The van der Waals surface area contributed by atoms with Crippen LogP contribution in [0.5, 0.6) is 0 Å². The molecule has 1 aromatic rings. The predicted octanol–water partition coefficient (Wildman–Crippen LogP) is 3.46. The van der Waals surface area contributed by atoms with Gasteiger partial charge in [0.1, 0.15) is 19.2 Å². The van der Waals surface area contributed by atoms with Crippen LogP contribution < -0.4 is 4.90 Å². The molecule has 0 bridgehead atoms. The Morgan fingerprint density at radius 3 is 2.56 bits per heavy atom. The van der Waals surface area contributed by atoms with Crippen LogP contribution in [0.4, 0.5) is 10.5 Å². The lowest BCUT2D eigenvalue weighted by molar-refractivity contribution is -0.158. The highest BCUT2D eigenvalue weighted by atomic mass is 16.5. The second kappa shape index (κ2) is 8.11. The molecule has 1 saturated carbocycles. The van der Waals surface area contributed by atoms with Gasteiger partial charge in [-0.3, -0.25) is 19.4 Å². The smallest absolute Gasteiger partial charge is 0.332 e. The first kappa shape index (κ1) is 19.4. The number of benzene rings is 1. The second-order valence-corrected chi connectivity index (χ2v) is 8.04. The van der Waals surface area contributed by atoms with Gasteiger partial charge in [0.15, 0.2) is 0 Å². The average molecular weight is 372 g/mol. The first-order chi connectivity index (χ1) is 12.9. The maximum atomic E-state index is 12.6. The molecule has 2 fully saturated rings. The number of ether oxygens (including phenoxy) is 1. The Morgan fingerprint density at radius 2 is 1.89 bits per heavy atom. The summed E-state index contributed by atoms with van der Waals surface area (Å²) >= 11 is 0. The topological polar surface area (TPSA) is 66.9 Å². The zero-order valence-electron chi connectivity index (χ0n) is 16.3. The summed E-state index contributed by atoms with van der Waals surface area (Å²) in [6, 6.07) is 8.52. The van der Waals surface area contributed by atoms with E-state index in [2.05, 4.69) is 20.8 Å². The second-order valence-electron chi connectivity index (χ2n) is 8.04. The minimum atomic E-state index is -0.503. The maximum absolute atomic E-state index is 12.6. The number of hydrogen-bond acceptors (Lipinski definition) is 4. The molecular weight excluding hydrogens is 344 g/mol. The first-order valence-electron chi connectivity index (χ1n) is 9.73. The Labute approximate surface area is 160 Å². The third-order valence-corrected chi connectivity index (χ3v) is 5.66. The van der Waals surface area contributed by atoms with Gasteiger partial charge in [0.05, 0.1) is 0 Å². The number of esters is 1. The molecule has 27 heavy (non-hydrogen) atoms. The van der Waals surface area contributed by atoms with E-state index in [0.717, 1.165) is 24.2 Å². The van der Waals surface area contributed by atoms with Crippen LogP contribution >= 0.6 is 0 Å². The van der Waals surface area contributed by atoms with Crippen molar-refractivity contribution >= 4 is 23.6 Å². The fraction of sp³-hybridized carbons (Fsp3) is 0.571. The van der Waals surface area contributed by atoms with Crippen molar-refractivity contribution in [1.82, 2.24) is 4.90 Å². The summed E-state index contributed by atoms with van der Waals surface area (Å²) in [7, 11) is 0. The average Bonchev–Trinajstić information content (AvgIpc) is 2.90. The summed E-state index contributed by atoms with van der Waals surface area (Å²) in [5, 5.41) is 0. The third-order valence-electron chi connectivity index (χ3n) is 5.66. The van der Waals surface area contributed by atoms with Crippen LogP contribution in [-0.4, -0.2) is 42.0 Å². The summed E-state index contributed by atoms with van der Waals surface area (Å²) in [6.07, 6.45) is 2.89. The van der Waals surface area contributed by atoms with Crippen LogP contribution in [0.3, 0.4) is 0 Å². The Morgan fingerprint density at radius 1 is 1.19 bits per heavy atom. The summed E-state index contributed by atoms with van der Waals surface area (Å²) in [4.78, 5) is 39.7. The molecule has 0 unspecified atom stereocenters. The molecule has 1 saturated heterocycles. The largest absolute Gasteiger partial charge is 0.461 e. The molecule has 0 spiro atoms. The molecule has 146 valence electrons. The van der Waals surface area contributed by atoms with Gasteiger partial charge in [-0.25, -0.2) is 4.79 Å². The van der Waals surface area contributed by atoms with E-state index in [9.17, 15) is 14.4 Å². The number of imide groups is 1. The highest BCUT2D eigenvalue weighted by Crippen LogP contribution is 2.35. The monoisotopic (exact) mass is 372 g/mol. The zero-order valence-corrected chi connectivity index (χ0v) is 16.3. The molecule has 1 heterocycles. The van der Waals surface area contributed by atoms with E-state index in [1.54, 1.807) is 24.3 Å². The van der Waals surface area contributed by atoms with Crippen molar-refractivity contribution in [3.05, 3.63) is 30.3 Å². The standard InChI is InChI=1S/C21H28N2O4/c1-14(2)17-10-9-15(3)11-18(17)27-20(25)13-23-19(24)12-22(21(23)26)16-7-5-4-6-8-16/h4-8,14-15,17-18H,9-13H2,1-3H3/t15-,17-,18-/m1/s1. The van der Waals surface area contributed by atoms with Gasteiger partial charge < -0.3 is 4.74 Å². The van der Waals surface area contributed by atoms with Gasteiger partial charge in [0, 0.05) is 5.69 Å². The van der Waals surface area contributed by atoms with E-state index in [-0.39, 0.29) is 25.1 Å². The lowest BCUT2D eigenvalue weighted by Crippen LogP contribution is -2.41. The molecular formula is C21H28N2O4. The van der Waals surface area contributed by atoms with E-state index in [1.165, 1.54) is 4.90 Å². The van der Waals surface area contributed by atoms with Crippen molar-refractivity contribution in [3.8, 4) is 0 Å². The number of carbonyl (C=O) groups is 3. The molecule has 2 aliphatic rings. The van der Waals surface area contributed by atoms with E-state index >= 15 is 0 Å². The fourth-order valence-electron chi connectivity index (χ4n) is 4.09. The van der Waals surface area contributed by atoms with Gasteiger partial charge in [-0.2, -0.15) is 0 Å². The number of anilines is 1. The van der Waals surface area contributed by atoms with Gasteiger partial charge >= 0.3 is 12.0 Å². The van der Waals surface area contributed by atoms with Gasteiger partial charge in [-0.1, -0.05) is 45.4 Å². The van der Waals surface area contributed by atoms with Crippen molar-refractivity contribution in [3.63, 3.8) is 0 Å². The van der Waals surface area contributed by atoms with E-state index < -0.39 is 12.0 Å². The number of amides is 3. The molecule has 1 aliphatic heterocycles. The van der Waals surface area contributed by atoms with Crippen LogP contribution in [0.15, 0.2) is 30.3 Å². The fourth-order valence-corrected chi connectivity index (χ4v) is 4.09. The van der Waals surface area contributed by atoms with Crippen molar-refractivity contribution in [2.75, 3.05) is 18.0 Å². The van der Waals surface area contributed by atoms with E-state index in [1.807, 2.05) is 6.07 Å². The van der Waals surface area contributed by atoms with Crippen LogP contribution in [0.25, 0.3) is 0 Å². The van der Waals surface area contributed by atoms with Gasteiger partial charge in [0.2, 0.25) is 0 Å². The molecule has 3 rings (SSSR count). The summed E-state index contributed by atoms with van der Waals surface area (Å²) in [5.74, 6) is 0.394. The SMILES string of the molecule is CC(C)[C@H]1CC[C@@H](C)C[C@H]1OC(=O)CN1C(=O)CN(c2ccccc2)C1=O. The minimum absolute atomic E-state index is 0.0504.